The van der Waals surface area contributed by atoms with Crippen molar-refractivity contribution in [1.82, 2.24) is 9.88 Å². The van der Waals surface area contributed by atoms with Crippen LogP contribution in [0.2, 0.25) is 0 Å². The number of carbonyl (C=O) groups excluding carboxylic acids is 1. The first-order valence-corrected chi connectivity index (χ1v) is 10.7. The number of amides is 1. The summed E-state index contributed by atoms with van der Waals surface area (Å²) < 4.78 is 41.9. The average Bonchev–Trinajstić information content (AvgIpc) is 3.10. The molecule has 8 heteroatoms. The summed E-state index contributed by atoms with van der Waals surface area (Å²) in [6.45, 7) is 0.352. The lowest BCUT2D eigenvalue weighted by atomic mass is 9.69. The molecule has 1 aliphatic rings. The van der Waals surface area contributed by atoms with Crippen LogP contribution in [-0.2, 0) is 4.79 Å². The Morgan fingerprint density at radius 1 is 1.00 bits per heavy atom. The fourth-order valence-corrected chi connectivity index (χ4v) is 4.54. The lowest BCUT2D eigenvalue weighted by molar-refractivity contribution is -0.139. The molecular formula is C24H25F3N2O3. The summed E-state index contributed by atoms with van der Waals surface area (Å²) in [5.74, 6) is -2.26. The number of hydrogen-bond donors (Lipinski definition) is 3. The predicted octanol–water partition coefficient (Wildman–Crippen LogP) is 3.95. The van der Waals surface area contributed by atoms with Gasteiger partial charge in [-0.05, 0) is 66.6 Å². The Kier molecular flexibility index (Phi) is 6.53. The molecule has 3 aromatic rings. The molecule has 2 aromatic carbocycles. The van der Waals surface area contributed by atoms with Crippen molar-refractivity contribution in [3.05, 3.63) is 59.4 Å². The zero-order chi connectivity index (χ0) is 22.8. The lowest BCUT2D eigenvalue weighted by Gasteiger charge is -2.38. The third-order valence-corrected chi connectivity index (χ3v) is 6.16. The van der Waals surface area contributed by atoms with Crippen LogP contribution in [0.5, 0.6) is 0 Å². The standard InChI is InChI=1S/C24H25F3N2O3/c25-17-4-2-14(3-5-17)22-21(19-12-18(26)13-20(27)23(19)28-22)15-10-16(11-15)24(32)29(7-9-31)6-1-8-30/h2-5,12-13,15-16,28,30-31H,1,6-11H2. The number of benzene rings is 2. The normalized spacial score (nSPS) is 18.0. The summed E-state index contributed by atoms with van der Waals surface area (Å²) in [5, 5.41) is 18.7. The van der Waals surface area contributed by atoms with Gasteiger partial charge >= 0.3 is 0 Å². The molecule has 3 N–H and O–H groups in total. The first-order valence-electron chi connectivity index (χ1n) is 10.7. The van der Waals surface area contributed by atoms with Crippen molar-refractivity contribution in [2.75, 3.05) is 26.3 Å². The number of carbonyl (C=O) groups is 1. The monoisotopic (exact) mass is 446 g/mol. The van der Waals surface area contributed by atoms with E-state index >= 15 is 0 Å². The van der Waals surface area contributed by atoms with Gasteiger partial charge in [0.05, 0.1) is 17.8 Å². The van der Waals surface area contributed by atoms with Crippen molar-refractivity contribution in [3.63, 3.8) is 0 Å². The Morgan fingerprint density at radius 2 is 1.72 bits per heavy atom. The molecule has 0 aliphatic heterocycles. The fraction of sp³-hybridized carbons (Fsp3) is 0.375. The molecule has 4 rings (SSSR count). The summed E-state index contributed by atoms with van der Waals surface area (Å²) in [7, 11) is 0. The van der Waals surface area contributed by atoms with Crippen molar-refractivity contribution in [2.45, 2.75) is 25.2 Å². The van der Waals surface area contributed by atoms with Crippen molar-refractivity contribution in [2.24, 2.45) is 5.92 Å². The minimum atomic E-state index is -0.709. The van der Waals surface area contributed by atoms with Gasteiger partial charge in [-0.1, -0.05) is 0 Å². The third kappa shape index (κ3) is 4.25. The predicted molar refractivity (Wildman–Crippen MR) is 114 cm³/mol. The number of aliphatic hydroxyl groups is 2. The quantitative estimate of drug-likeness (QED) is 0.491. The van der Waals surface area contributed by atoms with E-state index < -0.39 is 17.5 Å². The van der Waals surface area contributed by atoms with Gasteiger partial charge in [-0.2, -0.15) is 0 Å². The summed E-state index contributed by atoms with van der Waals surface area (Å²) in [5.41, 5.74) is 2.14. The Balaban J connectivity index is 1.65. The molecule has 0 radical (unpaired) electrons. The third-order valence-electron chi connectivity index (χ3n) is 6.16. The van der Waals surface area contributed by atoms with Gasteiger partial charge < -0.3 is 20.1 Å². The highest BCUT2D eigenvalue weighted by molar-refractivity contribution is 5.92. The second kappa shape index (κ2) is 9.34. The van der Waals surface area contributed by atoms with Crippen molar-refractivity contribution >= 4 is 16.8 Å². The maximum atomic E-state index is 14.5. The summed E-state index contributed by atoms with van der Waals surface area (Å²) in [6.07, 6.45) is 1.43. The zero-order valence-corrected chi connectivity index (χ0v) is 17.5. The zero-order valence-electron chi connectivity index (χ0n) is 17.5. The topological polar surface area (TPSA) is 76.6 Å². The van der Waals surface area contributed by atoms with E-state index in [-0.39, 0.29) is 43.0 Å². The molecule has 0 spiro atoms. The molecule has 0 bridgehead atoms. The van der Waals surface area contributed by atoms with Crippen LogP contribution in [-0.4, -0.2) is 52.3 Å². The van der Waals surface area contributed by atoms with Crippen LogP contribution in [0.4, 0.5) is 13.2 Å². The smallest absolute Gasteiger partial charge is 0.225 e. The maximum absolute atomic E-state index is 14.5. The Hall–Kier alpha value is -2.84. The van der Waals surface area contributed by atoms with E-state index in [1.807, 2.05) is 0 Å². The molecule has 0 atom stereocenters. The van der Waals surface area contributed by atoms with Crippen molar-refractivity contribution in [3.8, 4) is 11.3 Å². The van der Waals surface area contributed by atoms with Crippen molar-refractivity contribution in [1.29, 1.82) is 0 Å². The number of H-pyrrole nitrogens is 1. The first kappa shape index (κ1) is 22.4. The van der Waals surface area contributed by atoms with E-state index in [1.54, 1.807) is 17.0 Å². The fourth-order valence-electron chi connectivity index (χ4n) is 4.54. The van der Waals surface area contributed by atoms with E-state index in [2.05, 4.69) is 4.98 Å². The van der Waals surface area contributed by atoms with Gasteiger partial charge in [-0.15, -0.1) is 0 Å². The maximum Gasteiger partial charge on any atom is 0.225 e. The van der Waals surface area contributed by atoms with E-state index in [0.29, 0.717) is 42.5 Å². The second-order valence-corrected chi connectivity index (χ2v) is 8.22. The van der Waals surface area contributed by atoms with Crippen LogP contribution in [0.25, 0.3) is 22.2 Å². The minimum absolute atomic E-state index is 0.0456. The number of fused-ring (bicyclic) bond motifs is 1. The second-order valence-electron chi connectivity index (χ2n) is 8.22. The summed E-state index contributed by atoms with van der Waals surface area (Å²) in [6, 6.07) is 7.88. The molecule has 1 amide bonds. The Morgan fingerprint density at radius 3 is 2.38 bits per heavy atom. The summed E-state index contributed by atoms with van der Waals surface area (Å²) in [4.78, 5) is 17.5. The largest absolute Gasteiger partial charge is 0.396 e. The van der Waals surface area contributed by atoms with Gasteiger partial charge in [-0.25, -0.2) is 13.2 Å². The molecule has 1 fully saturated rings. The molecule has 1 saturated carbocycles. The van der Waals surface area contributed by atoms with E-state index in [4.69, 9.17) is 5.11 Å². The Labute approximate surface area is 183 Å². The Bertz CT molecular complexity index is 1110. The van der Waals surface area contributed by atoms with Crippen LogP contribution in [0, 0.1) is 23.4 Å². The van der Waals surface area contributed by atoms with Crippen LogP contribution in [0.1, 0.15) is 30.7 Å². The van der Waals surface area contributed by atoms with Crippen molar-refractivity contribution < 1.29 is 28.2 Å². The molecule has 170 valence electrons. The first-order chi connectivity index (χ1) is 15.4. The van der Waals surface area contributed by atoms with Gasteiger partial charge in [0, 0.05) is 37.1 Å². The van der Waals surface area contributed by atoms with E-state index in [0.717, 1.165) is 11.6 Å². The van der Waals surface area contributed by atoms with Gasteiger partial charge in [0.15, 0.2) is 0 Å². The summed E-state index contributed by atoms with van der Waals surface area (Å²) >= 11 is 0. The van der Waals surface area contributed by atoms with Crippen LogP contribution in [0.3, 0.4) is 0 Å². The van der Waals surface area contributed by atoms with E-state index in [9.17, 15) is 23.1 Å². The number of rotatable bonds is 8. The lowest BCUT2D eigenvalue weighted by Crippen LogP contribution is -2.43. The number of halogens is 3. The number of aromatic amines is 1. The molecule has 1 aliphatic carbocycles. The van der Waals surface area contributed by atoms with Gasteiger partial charge in [0.2, 0.25) is 5.91 Å². The number of nitrogens with zero attached hydrogens (tertiary/aromatic N) is 1. The molecule has 32 heavy (non-hydrogen) atoms. The molecule has 1 heterocycles. The number of hydrogen-bond acceptors (Lipinski definition) is 3. The highest BCUT2D eigenvalue weighted by Gasteiger charge is 2.40. The molecule has 0 unspecified atom stereocenters. The van der Waals surface area contributed by atoms with Crippen LogP contribution in [0.15, 0.2) is 36.4 Å². The highest BCUT2D eigenvalue weighted by Crippen LogP contribution is 2.48. The number of nitrogens with one attached hydrogen (secondary N) is 1. The highest BCUT2D eigenvalue weighted by atomic mass is 19.1. The average molecular weight is 446 g/mol. The number of aromatic nitrogens is 1. The molecular weight excluding hydrogens is 421 g/mol. The molecule has 1 aromatic heterocycles. The van der Waals surface area contributed by atoms with Crippen LogP contribution >= 0.6 is 0 Å². The molecule has 0 saturated heterocycles. The van der Waals surface area contributed by atoms with Crippen LogP contribution < -0.4 is 0 Å². The van der Waals surface area contributed by atoms with Gasteiger partial charge in [0.1, 0.15) is 17.5 Å². The minimum Gasteiger partial charge on any atom is -0.396 e. The molecule has 5 nitrogen and oxygen atoms in total. The SMILES string of the molecule is O=C(C1CC(c2c(-c3ccc(F)cc3)[nH]c3c(F)cc(F)cc23)C1)N(CCO)CCCO. The van der Waals surface area contributed by atoms with Gasteiger partial charge in [0.25, 0.3) is 0 Å². The van der Waals surface area contributed by atoms with E-state index in [1.165, 1.54) is 18.2 Å². The number of aliphatic hydroxyl groups excluding tert-OH is 2. The van der Waals surface area contributed by atoms with Gasteiger partial charge in [-0.3, -0.25) is 4.79 Å².